The summed E-state index contributed by atoms with van der Waals surface area (Å²) in [7, 11) is 0. The summed E-state index contributed by atoms with van der Waals surface area (Å²) in [5.74, 6) is -0.119. The van der Waals surface area contributed by atoms with E-state index in [1.807, 2.05) is 50.2 Å². The minimum Gasteiger partial charge on any atom is -0.346 e. The van der Waals surface area contributed by atoms with Crippen LogP contribution in [-0.2, 0) is 0 Å². The normalized spacial score (nSPS) is 18.6. The number of hydrogen-bond acceptors (Lipinski definition) is 2. The number of fused-ring (bicyclic) bond motifs is 1. The van der Waals surface area contributed by atoms with E-state index >= 15 is 0 Å². The molecule has 1 saturated heterocycles. The lowest BCUT2D eigenvalue weighted by Gasteiger charge is -2.20. The van der Waals surface area contributed by atoms with Crippen LogP contribution in [0.4, 0.5) is 0 Å². The zero-order chi connectivity index (χ0) is 21.3. The number of nitrogens with zero attached hydrogens (tertiary/aromatic N) is 1. The first-order valence-corrected chi connectivity index (χ1v) is 10.8. The number of carbonyl (C=O) groups excluding carboxylic acids is 1. The Labute approximate surface area is 177 Å². The van der Waals surface area contributed by atoms with Crippen LogP contribution in [0, 0.1) is 13.8 Å². The summed E-state index contributed by atoms with van der Waals surface area (Å²) in [6.45, 7) is 9.20. The van der Waals surface area contributed by atoms with E-state index in [0.717, 1.165) is 24.2 Å². The fourth-order valence-electron chi connectivity index (χ4n) is 4.55. The third kappa shape index (κ3) is 3.77. The smallest absolute Gasteiger partial charge is 0.262 e. The molecule has 30 heavy (non-hydrogen) atoms. The van der Waals surface area contributed by atoms with Gasteiger partial charge in [-0.2, -0.15) is 0 Å². The molecule has 156 valence electrons. The number of nitrogens with one attached hydrogen (secondary N) is 2. The van der Waals surface area contributed by atoms with Gasteiger partial charge in [0, 0.05) is 35.5 Å². The molecule has 5 nitrogen and oxygen atoms in total. The largest absolute Gasteiger partial charge is 0.346 e. The van der Waals surface area contributed by atoms with Crippen molar-refractivity contribution in [2.75, 3.05) is 19.6 Å². The number of aromatic nitrogens is 1. The van der Waals surface area contributed by atoms with Gasteiger partial charge in [-0.15, -0.1) is 0 Å². The van der Waals surface area contributed by atoms with Crippen LogP contribution in [0.2, 0.25) is 0 Å². The molecule has 2 unspecified atom stereocenters. The number of pyridine rings is 1. The molecule has 2 N–H and O–H groups in total. The van der Waals surface area contributed by atoms with Gasteiger partial charge in [-0.25, -0.2) is 0 Å². The number of hydrogen-bond donors (Lipinski definition) is 2. The minimum absolute atomic E-state index is 0.109. The zero-order valence-corrected chi connectivity index (χ0v) is 18.0. The van der Waals surface area contributed by atoms with E-state index in [0.29, 0.717) is 28.9 Å². The molecule has 1 amide bonds. The molecule has 1 aromatic heterocycles. The molecule has 3 aromatic rings. The Balaban J connectivity index is 1.73. The molecule has 0 bridgehead atoms. The topological polar surface area (TPSA) is 55.5 Å². The molecule has 1 aliphatic rings. The monoisotopic (exact) mass is 404 g/mol. The predicted molar refractivity (Wildman–Crippen MR) is 121 cm³/mol. The molecule has 4 rings (SSSR count). The Bertz CT molecular complexity index is 1150. The van der Waals surface area contributed by atoms with Gasteiger partial charge in [0.1, 0.15) is 6.04 Å². The summed E-state index contributed by atoms with van der Waals surface area (Å²) in [6.07, 6.45) is 4.06. The molecule has 2 aromatic carbocycles. The Hall–Kier alpha value is -2.92. The fourth-order valence-corrected chi connectivity index (χ4v) is 4.55. The van der Waals surface area contributed by atoms with Gasteiger partial charge in [0.15, 0.2) is 0 Å². The number of quaternary nitrogens is 1. The lowest BCUT2D eigenvalue weighted by molar-refractivity contribution is -0.909. The van der Waals surface area contributed by atoms with Crippen molar-refractivity contribution >= 4 is 16.7 Å². The molecule has 5 heteroatoms. The summed E-state index contributed by atoms with van der Waals surface area (Å²) in [5, 5.41) is 4.40. The van der Waals surface area contributed by atoms with Gasteiger partial charge < -0.3 is 10.2 Å². The number of aryl methyl sites for hydroxylation is 2. The summed E-state index contributed by atoms with van der Waals surface area (Å²) < 4.78 is 1.60. The van der Waals surface area contributed by atoms with E-state index in [1.54, 1.807) is 21.7 Å². The highest BCUT2D eigenvalue weighted by atomic mass is 16.2. The van der Waals surface area contributed by atoms with E-state index in [9.17, 15) is 9.59 Å². The van der Waals surface area contributed by atoms with E-state index in [-0.39, 0.29) is 11.5 Å². The van der Waals surface area contributed by atoms with Gasteiger partial charge in [0.25, 0.3) is 11.5 Å². The molecular weight excluding hydrogens is 374 g/mol. The maximum atomic E-state index is 13.2. The number of likely N-dealkylation sites (N-methyl/N-ethyl adjacent to an activating group) is 1. The van der Waals surface area contributed by atoms with Crippen LogP contribution in [0.5, 0.6) is 0 Å². The van der Waals surface area contributed by atoms with Crippen molar-refractivity contribution in [2.24, 2.45) is 0 Å². The first-order chi connectivity index (χ1) is 14.5. The Morgan fingerprint density at radius 2 is 1.90 bits per heavy atom. The van der Waals surface area contributed by atoms with E-state index < -0.39 is 0 Å². The fraction of sp³-hybridized carbons (Fsp3) is 0.360. The number of likely N-dealkylation sites (tertiary alicyclic amines) is 1. The molecule has 0 aliphatic carbocycles. The number of amides is 1. The van der Waals surface area contributed by atoms with Gasteiger partial charge in [0.2, 0.25) is 0 Å². The SMILES string of the molecule is CC[NH+]1CCCC1CNC(=O)c1cn(-c2ccc(C)c(C)c2)c(=O)c2ccccc12. The lowest BCUT2D eigenvalue weighted by Crippen LogP contribution is -3.14. The maximum absolute atomic E-state index is 13.2. The Morgan fingerprint density at radius 1 is 1.13 bits per heavy atom. The molecule has 0 saturated carbocycles. The maximum Gasteiger partial charge on any atom is 0.262 e. The summed E-state index contributed by atoms with van der Waals surface area (Å²) in [5.41, 5.74) is 3.50. The van der Waals surface area contributed by atoms with E-state index in [1.165, 1.54) is 18.5 Å². The van der Waals surface area contributed by atoms with Crippen LogP contribution in [-0.4, -0.2) is 36.2 Å². The quantitative estimate of drug-likeness (QED) is 0.686. The van der Waals surface area contributed by atoms with Gasteiger partial charge >= 0.3 is 0 Å². The van der Waals surface area contributed by atoms with Gasteiger partial charge in [0.05, 0.1) is 25.2 Å². The van der Waals surface area contributed by atoms with Crippen molar-refractivity contribution in [1.29, 1.82) is 0 Å². The van der Waals surface area contributed by atoms with Crippen LogP contribution in [0.1, 0.15) is 41.3 Å². The number of rotatable bonds is 5. The van der Waals surface area contributed by atoms with Crippen molar-refractivity contribution in [3.63, 3.8) is 0 Å². The van der Waals surface area contributed by atoms with Crippen LogP contribution in [0.25, 0.3) is 16.5 Å². The second-order valence-electron chi connectivity index (χ2n) is 8.34. The van der Waals surface area contributed by atoms with Crippen LogP contribution < -0.4 is 15.8 Å². The molecular formula is C25H30N3O2+. The minimum atomic E-state index is -0.119. The Morgan fingerprint density at radius 3 is 2.63 bits per heavy atom. The standard InChI is InChI=1S/C25H29N3O2/c1-4-27-13-7-8-20(27)15-26-24(29)23-16-28(19-12-11-17(2)18(3)14-19)25(30)22-10-6-5-9-21(22)23/h5-6,9-12,14,16,20H,4,7-8,13,15H2,1-3H3,(H,26,29)/p+1. The lowest BCUT2D eigenvalue weighted by atomic mass is 10.1. The predicted octanol–water partition coefficient (Wildman–Crippen LogP) is 2.40. The van der Waals surface area contributed by atoms with Crippen molar-refractivity contribution < 1.29 is 9.69 Å². The summed E-state index contributed by atoms with van der Waals surface area (Å²) in [6, 6.07) is 13.8. The van der Waals surface area contributed by atoms with Crippen LogP contribution >= 0.6 is 0 Å². The summed E-state index contributed by atoms with van der Waals surface area (Å²) in [4.78, 5) is 27.9. The van der Waals surface area contributed by atoms with Gasteiger partial charge in [-0.1, -0.05) is 24.3 Å². The van der Waals surface area contributed by atoms with Crippen molar-refractivity contribution in [3.8, 4) is 5.69 Å². The molecule has 2 atom stereocenters. The van der Waals surface area contributed by atoms with E-state index in [2.05, 4.69) is 12.2 Å². The highest BCUT2D eigenvalue weighted by molar-refractivity contribution is 6.06. The van der Waals surface area contributed by atoms with Crippen molar-refractivity contribution in [1.82, 2.24) is 9.88 Å². The molecule has 1 aliphatic heterocycles. The zero-order valence-electron chi connectivity index (χ0n) is 18.0. The molecule has 0 spiro atoms. The second kappa shape index (κ2) is 8.44. The average molecular weight is 405 g/mol. The van der Waals surface area contributed by atoms with E-state index in [4.69, 9.17) is 0 Å². The van der Waals surface area contributed by atoms with Gasteiger partial charge in [-0.3, -0.25) is 14.2 Å². The third-order valence-electron chi connectivity index (χ3n) is 6.53. The Kier molecular flexibility index (Phi) is 5.73. The van der Waals surface area contributed by atoms with Crippen LogP contribution in [0.15, 0.2) is 53.5 Å². The third-order valence-corrected chi connectivity index (χ3v) is 6.53. The molecule has 1 fully saturated rings. The number of benzene rings is 2. The van der Waals surface area contributed by atoms with Crippen molar-refractivity contribution in [2.45, 2.75) is 39.7 Å². The first-order valence-electron chi connectivity index (χ1n) is 10.8. The highest BCUT2D eigenvalue weighted by Crippen LogP contribution is 2.19. The van der Waals surface area contributed by atoms with Crippen LogP contribution in [0.3, 0.4) is 0 Å². The highest BCUT2D eigenvalue weighted by Gasteiger charge is 2.27. The average Bonchev–Trinajstić information content (AvgIpc) is 3.22. The molecule has 0 radical (unpaired) electrons. The van der Waals surface area contributed by atoms with Gasteiger partial charge in [-0.05, 0) is 50.1 Å². The molecule has 2 heterocycles. The number of carbonyl (C=O) groups is 1. The first kappa shape index (κ1) is 20.4. The second-order valence-corrected chi connectivity index (χ2v) is 8.34. The summed E-state index contributed by atoms with van der Waals surface area (Å²) >= 11 is 0. The van der Waals surface area contributed by atoms with Crippen molar-refractivity contribution in [3.05, 3.63) is 75.7 Å².